The molecular weight excluding hydrogens is 440 g/mol. The number of benzene rings is 5. The molecule has 3 aliphatic rings. The molecule has 1 heterocycles. The first-order chi connectivity index (χ1) is 17.1. The third kappa shape index (κ3) is 1.83. The van der Waals surface area contributed by atoms with Crippen LogP contribution in [0.2, 0.25) is 0 Å². The second kappa shape index (κ2) is 5.75. The van der Waals surface area contributed by atoms with Gasteiger partial charge in [0.2, 0.25) is 0 Å². The van der Waals surface area contributed by atoms with Gasteiger partial charge in [-0.25, -0.2) is 0 Å². The van der Waals surface area contributed by atoms with E-state index in [-0.39, 0.29) is 10.8 Å². The first-order valence-corrected chi connectivity index (χ1v) is 13.3. The predicted octanol–water partition coefficient (Wildman–Crippen LogP) is 9.04. The molecule has 0 N–H and O–H groups in total. The fourth-order valence-electron chi connectivity index (χ4n) is 7.87. The van der Waals surface area contributed by atoms with Gasteiger partial charge >= 0.3 is 0 Å². The lowest BCUT2D eigenvalue weighted by Gasteiger charge is -2.45. The summed E-state index contributed by atoms with van der Waals surface area (Å²) < 4.78 is 2.77. The lowest BCUT2D eigenvalue weighted by atomic mass is 9.56. The van der Waals surface area contributed by atoms with Crippen molar-refractivity contribution in [2.45, 2.75) is 24.7 Å². The zero-order chi connectivity index (χ0) is 23.1. The van der Waals surface area contributed by atoms with E-state index >= 15 is 0 Å². The maximum absolute atomic E-state index is 2.47. The summed E-state index contributed by atoms with van der Waals surface area (Å²) in [5.41, 5.74) is 14.2. The van der Waals surface area contributed by atoms with Crippen LogP contribution in [0.4, 0.5) is 0 Å². The second-order valence-electron chi connectivity index (χ2n) is 10.8. The molecule has 0 bridgehead atoms. The number of fused-ring (bicyclic) bond motifs is 8. The van der Waals surface area contributed by atoms with Crippen LogP contribution in [0.1, 0.15) is 47.2 Å². The topological polar surface area (TPSA) is 0 Å². The van der Waals surface area contributed by atoms with Crippen molar-refractivity contribution in [1.29, 1.82) is 0 Å². The van der Waals surface area contributed by atoms with Crippen LogP contribution in [0.25, 0.3) is 42.4 Å². The van der Waals surface area contributed by atoms with E-state index in [1.165, 1.54) is 75.8 Å². The molecule has 1 aromatic heterocycles. The molecule has 1 atom stereocenters. The van der Waals surface area contributed by atoms with E-state index in [1.807, 2.05) is 11.3 Å². The van der Waals surface area contributed by atoms with E-state index in [0.29, 0.717) is 0 Å². The first-order valence-electron chi connectivity index (χ1n) is 12.5. The molecule has 9 rings (SSSR count). The zero-order valence-electron chi connectivity index (χ0n) is 19.6. The van der Waals surface area contributed by atoms with Crippen LogP contribution in [-0.4, -0.2) is 0 Å². The smallest absolute Gasteiger partial charge is 0.0731 e. The van der Waals surface area contributed by atoms with Crippen molar-refractivity contribution in [3.8, 4) is 22.3 Å². The van der Waals surface area contributed by atoms with Crippen molar-refractivity contribution in [2.24, 2.45) is 0 Å². The second-order valence-corrected chi connectivity index (χ2v) is 11.9. The zero-order valence-corrected chi connectivity index (χ0v) is 20.5. The molecular formula is C34H22S. The maximum Gasteiger partial charge on any atom is 0.0731 e. The number of hydrogen-bond acceptors (Lipinski definition) is 1. The fraction of sp³-hybridized carbons (Fsp3) is 0.118. The molecule has 164 valence electrons. The molecule has 0 saturated carbocycles. The summed E-state index contributed by atoms with van der Waals surface area (Å²) >= 11 is 1.93. The van der Waals surface area contributed by atoms with E-state index in [0.717, 1.165) is 0 Å². The molecule has 1 heteroatoms. The van der Waals surface area contributed by atoms with Gasteiger partial charge in [-0.3, -0.25) is 0 Å². The van der Waals surface area contributed by atoms with Gasteiger partial charge in [-0.2, -0.15) is 0 Å². The molecule has 5 aromatic carbocycles. The summed E-state index contributed by atoms with van der Waals surface area (Å²) in [7, 11) is 0. The summed E-state index contributed by atoms with van der Waals surface area (Å²) in [6.45, 7) is 4.90. The normalized spacial score (nSPS) is 19.5. The van der Waals surface area contributed by atoms with Crippen molar-refractivity contribution in [2.75, 3.05) is 0 Å². The molecule has 6 aromatic rings. The van der Waals surface area contributed by atoms with Crippen LogP contribution in [0.5, 0.6) is 0 Å². The van der Waals surface area contributed by atoms with Crippen molar-refractivity contribution >= 4 is 31.5 Å². The molecule has 0 nitrogen and oxygen atoms in total. The molecule has 0 aliphatic heterocycles. The SMILES string of the molecule is CC1(C)c2cccc3c2C2(c4ccccc4-c4cccc-3c42)c2ccc3sc4ccccc4c3c21. The van der Waals surface area contributed by atoms with Crippen LogP contribution in [0.15, 0.2) is 97.1 Å². The van der Waals surface area contributed by atoms with Gasteiger partial charge in [0.25, 0.3) is 0 Å². The Kier molecular flexibility index (Phi) is 3.06. The third-order valence-corrected chi connectivity index (χ3v) is 10.2. The molecule has 0 amide bonds. The van der Waals surface area contributed by atoms with Gasteiger partial charge in [0.05, 0.1) is 5.41 Å². The highest BCUT2D eigenvalue weighted by Crippen LogP contribution is 2.69. The van der Waals surface area contributed by atoms with Crippen molar-refractivity contribution < 1.29 is 0 Å². The third-order valence-electron chi connectivity index (χ3n) is 9.04. The fourth-order valence-corrected chi connectivity index (χ4v) is 8.99. The van der Waals surface area contributed by atoms with Crippen LogP contribution >= 0.6 is 11.3 Å². The maximum atomic E-state index is 2.47. The van der Waals surface area contributed by atoms with Gasteiger partial charge in [0, 0.05) is 25.6 Å². The van der Waals surface area contributed by atoms with Gasteiger partial charge in [0.15, 0.2) is 0 Å². The summed E-state index contributed by atoms with van der Waals surface area (Å²) in [5.74, 6) is 0. The van der Waals surface area contributed by atoms with Crippen molar-refractivity contribution in [1.82, 2.24) is 0 Å². The first kappa shape index (κ1) is 18.6. The van der Waals surface area contributed by atoms with Crippen LogP contribution in [0.3, 0.4) is 0 Å². The van der Waals surface area contributed by atoms with Crippen molar-refractivity contribution in [3.05, 3.63) is 130 Å². The average molecular weight is 463 g/mol. The van der Waals surface area contributed by atoms with E-state index in [2.05, 4.69) is 111 Å². The highest BCUT2D eigenvalue weighted by molar-refractivity contribution is 7.25. The minimum absolute atomic E-state index is 0.102. The number of hydrogen-bond donors (Lipinski definition) is 0. The van der Waals surface area contributed by atoms with Gasteiger partial charge in [-0.05, 0) is 67.8 Å². The van der Waals surface area contributed by atoms with E-state index in [1.54, 1.807) is 0 Å². The lowest BCUT2D eigenvalue weighted by Crippen LogP contribution is -2.39. The Bertz CT molecular complexity index is 1930. The van der Waals surface area contributed by atoms with Gasteiger partial charge in [-0.1, -0.05) is 98.8 Å². The minimum atomic E-state index is -0.240. The molecule has 0 saturated heterocycles. The standard InChI is InChI=1S/C34H22S/c1-33(2)25-15-8-13-22-21-12-7-11-20-19-9-3-5-14-24(19)34(30(20)21,31(22)25)26-17-18-28-29(32(26)33)23-10-4-6-16-27(23)35-28/h3-18H,1-2H3. The van der Waals surface area contributed by atoms with Crippen LogP contribution in [0, 0.1) is 0 Å². The predicted molar refractivity (Wildman–Crippen MR) is 148 cm³/mol. The van der Waals surface area contributed by atoms with Crippen molar-refractivity contribution in [3.63, 3.8) is 0 Å². The Balaban J connectivity index is 1.60. The summed E-state index contributed by atoms with van der Waals surface area (Å²) in [6, 6.07) is 37.0. The Morgan fingerprint density at radius 3 is 2.03 bits per heavy atom. The molecule has 0 radical (unpaired) electrons. The van der Waals surface area contributed by atoms with Gasteiger partial charge < -0.3 is 0 Å². The van der Waals surface area contributed by atoms with E-state index in [9.17, 15) is 0 Å². The monoisotopic (exact) mass is 462 g/mol. The molecule has 3 aliphatic carbocycles. The average Bonchev–Trinajstić information content (AvgIpc) is 3.51. The van der Waals surface area contributed by atoms with Gasteiger partial charge in [-0.15, -0.1) is 11.3 Å². The summed E-state index contributed by atoms with van der Waals surface area (Å²) in [4.78, 5) is 0. The Labute approximate surface area is 208 Å². The van der Waals surface area contributed by atoms with E-state index in [4.69, 9.17) is 0 Å². The summed E-state index contributed by atoms with van der Waals surface area (Å²) in [5, 5.41) is 2.85. The lowest BCUT2D eigenvalue weighted by molar-refractivity contribution is 0.576. The molecule has 0 fully saturated rings. The van der Waals surface area contributed by atoms with Gasteiger partial charge in [0.1, 0.15) is 0 Å². The number of thiophene rings is 1. The van der Waals surface area contributed by atoms with Crippen LogP contribution in [-0.2, 0) is 10.8 Å². The largest absolute Gasteiger partial charge is 0.135 e. The Morgan fingerprint density at radius 2 is 1.14 bits per heavy atom. The highest BCUT2D eigenvalue weighted by Gasteiger charge is 2.58. The van der Waals surface area contributed by atoms with E-state index < -0.39 is 0 Å². The minimum Gasteiger partial charge on any atom is -0.135 e. The quantitative estimate of drug-likeness (QED) is 0.211. The number of rotatable bonds is 0. The highest BCUT2D eigenvalue weighted by atomic mass is 32.1. The Hall–Kier alpha value is -3.68. The Morgan fingerprint density at radius 1 is 0.486 bits per heavy atom. The van der Waals surface area contributed by atoms with Crippen LogP contribution < -0.4 is 0 Å². The molecule has 1 unspecified atom stereocenters. The molecule has 35 heavy (non-hydrogen) atoms. The molecule has 1 spiro atoms. The summed E-state index contributed by atoms with van der Waals surface area (Å²) in [6.07, 6.45) is 0.